The second-order valence-corrected chi connectivity index (χ2v) is 6.44. The van der Waals surface area contributed by atoms with Crippen LogP contribution in [0.4, 0.5) is 24.8 Å². The molecular weight excluding hydrogens is 411 g/mol. The van der Waals surface area contributed by atoms with E-state index < -0.39 is 18.1 Å². The van der Waals surface area contributed by atoms with Gasteiger partial charge >= 0.3 is 6.43 Å². The minimum atomic E-state index is -2.87. The number of anilines is 2. The number of alkyl halides is 2. The molecule has 11 heteroatoms. The fourth-order valence-electron chi connectivity index (χ4n) is 3.07. The zero-order valence-electron chi connectivity index (χ0n) is 15.6. The Bertz CT molecular complexity index is 1350. The first kappa shape index (κ1) is 18.7. The number of aromatic amines is 1. The first-order chi connectivity index (χ1) is 15.1. The van der Waals surface area contributed by atoms with E-state index in [0.29, 0.717) is 5.52 Å². The normalized spacial score (nSPS) is 11.4. The van der Waals surface area contributed by atoms with E-state index in [1.807, 2.05) is 30.3 Å². The summed E-state index contributed by atoms with van der Waals surface area (Å²) in [5, 5.41) is 9.63. The lowest BCUT2D eigenvalue weighted by Crippen LogP contribution is -2.00. The van der Waals surface area contributed by atoms with Gasteiger partial charge in [-0.15, -0.1) is 10.2 Å². The number of nitrogens with one attached hydrogen (secondary N) is 2. The van der Waals surface area contributed by atoms with Crippen LogP contribution in [-0.4, -0.2) is 30.1 Å². The number of aromatic nitrogens is 6. The van der Waals surface area contributed by atoms with Gasteiger partial charge < -0.3 is 14.7 Å². The zero-order valence-corrected chi connectivity index (χ0v) is 15.6. The van der Waals surface area contributed by atoms with Crippen LogP contribution in [0.1, 0.15) is 12.3 Å². The van der Waals surface area contributed by atoms with Crippen LogP contribution in [0, 0.1) is 5.82 Å². The molecule has 0 spiro atoms. The second-order valence-electron chi connectivity index (χ2n) is 6.44. The second kappa shape index (κ2) is 7.52. The van der Waals surface area contributed by atoms with Crippen LogP contribution in [0.15, 0.2) is 59.5 Å². The maximum atomic E-state index is 15.0. The number of hydrogen-bond acceptors (Lipinski definition) is 7. The van der Waals surface area contributed by atoms with E-state index in [2.05, 4.69) is 35.5 Å². The minimum absolute atomic E-state index is 0.0918. The molecule has 0 saturated heterocycles. The van der Waals surface area contributed by atoms with Gasteiger partial charge in [0.1, 0.15) is 5.52 Å². The molecule has 8 nitrogen and oxygen atoms in total. The highest BCUT2D eigenvalue weighted by atomic mass is 19.3. The number of H-pyrrole nitrogens is 1. The predicted molar refractivity (Wildman–Crippen MR) is 105 cm³/mol. The predicted octanol–water partition coefficient (Wildman–Crippen LogP) is 4.89. The van der Waals surface area contributed by atoms with E-state index >= 15 is 4.39 Å². The van der Waals surface area contributed by atoms with Crippen LogP contribution >= 0.6 is 0 Å². The summed E-state index contributed by atoms with van der Waals surface area (Å²) in [5.74, 6) is -1.38. The van der Waals surface area contributed by atoms with E-state index in [-0.39, 0.29) is 28.6 Å². The SMILES string of the molecule is Fc1c(Nc2ncc(-c3nnc(C(F)F)o3)cn2)cc(-c2ccccc2)c2nc[nH]c12. The number of halogens is 3. The van der Waals surface area contributed by atoms with Crippen LogP contribution in [0.5, 0.6) is 0 Å². The van der Waals surface area contributed by atoms with Crippen LogP contribution in [-0.2, 0) is 0 Å². The lowest BCUT2D eigenvalue weighted by atomic mass is 10.0. The van der Waals surface area contributed by atoms with Gasteiger partial charge in [-0.3, -0.25) is 0 Å². The van der Waals surface area contributed by atoms with Gasteiger partial charge in [0.15, 0.2) is 5.82 Å². The average molecular weight is 423 g/mol. The van der Waals surface area contributed by atoms with Gasteiger partial charge in [-0.25, -0.2) is 19.3 Å². The maximum absolute atomic E-state index is 15.0. The van der Waals surface area contributed by atoms with E-state index in [1.165, 1.54) is 18.7 Å². The van der Waals surface area contributed by atoms with Crippen molar-refractivity contribution in [1.29, 1.82) is 0 Å². The minimum Gasteiger partial charge on any atom is -0.415 e. The Morgan fingerprint density at radius 2 is 1.74 bits per heavy atom. The number of benzene rings is 2. The maximum Gasteiger partial charge on any atom is 0.314 e. The van der Waals surface area contributed by atoms with Gasteiger partial charge in [-0.2, -0.15) is 8.78 Å². The number of fused-ring (bicyclic) bond motifs is 1. The highest BCUT2D eigenvalue weighted by Crippen LogP contribution is 2.34. The lowest BCUT2D eigenvalue weighted by Gasteiger charge is -2.10. The summed E-state index contributed by atoms with van der Waals surface area (Å²) in [6.45, 7) is 0. The third-order valence-corrected chi connectivity index (χ3v) is 4.50. The van der Waals surface area contributed by atoms with Gasteiger partial charge in [0.25, 0.3) is 11.8 Å². The third-order valence-electron chi connectivity index (χ3n) is 4.50. The number of nitrogens with zero attached hydrogens (tertiary/aromatic N) is 5. The van der Waals surface area contributed by atoms with Gasteiger partial charge in [0.2, 0.25) is 5.95 Å². The molecule has 0 saturated carbocycles. The van der Waals surface area contributed by atoms with E-state index in [1.54, 1.807) is 6.07 Å². The molecule has 0 aliphatic carbocycles. The van der Waals surface area contributed by atoms with Crippen molar-refractivity contribution in [3.63, 3.8) is 0 Å². The molecule has 2 N–H and O–H groups in total. The summed E-state index contributed by atoms with van der Waals surface area (Å²) in [6, 6.07) is 11.1. The number of hydrogen-bond donors (Lipinski definition) is 2. The van der Waals surface area contributed by atoms with E-state index in [9.17, 15) is 8.78 Å². The largest absolute Gasteiger partial charge is 0.415 e. The molecule has 0 aliphatic rings. The molecule has 2 aromatic carbocycles. The summed E-state index contributed by atoms with van der Waals surface area (Å²) in [4.78, 5) is 15.2. The van der Waals surface area contributed by atoms with E-state index in [0.717, 1.165) is 11.1 Å². The molecule has 3 heterocycles. The zero-order chi connectivity index (χ0) is 21.4. The molecule has 5 aromatic rings. The molecule has 0 radical (unpaired) electrons. The molecule has 3 aromatic heterocycles. The molecule has 31 heavy (non-hydrogen) atoms. The Kier molecular flexibility index (Phi) is 4.54. The fourth-order valence-corrected chi connectivity index (χ4v) is 3.07. The molecule has 0 amide bonds. The first-order valence-electron chi connectivity index (χ1n) is 9.02. The van der Waals surface area contributed by atoms with E-state index in [4.69, 9.17) is 4.42 Å². The molecule has 0 fully saturated rings. The summed E-state index contributed by atoms with van der Waals surface area (Å²) >= 11 is 0. The van der Waals surface area contributed by atoms with Crippen LogP contribution in [0.2, 0.25) is 0 Å². The van der Waals surface area contributed by atoms with Crippen molar-refractivity contribution >= 4 is 22.7 Å². The van der Waals surface area contributed by atoms with Crippen LogP contribution in [0.3, 0.4) is 0 Å². The monoisotopic (exact) mass is 423 g/mol. The van der Waals surface area contributed by atoms with Crippen LogP contribution in [0.25, 0.3) is 33.6 Å². The van der Waals surface area contributed by atoms with Gasteiger partial charge in [0.05, 0.1) is 23.1 Å². The molecule has 0 unspecified atom stereocenters. The summed E-state index contributed by atoms with van der Waals surface area (Å²) < 4.78 is 45.1. The molecule has 154 valence electrons. The van der Waals surface area contributed by atoms with Crippen molar-refractivity contribution < 1.29 is 17.6 Å². The Labute approximate surface area is 172 Å². The topological polar surface area (TPSA) is 105 Å². The van der Waals surface area contributed by atoms with Gasteiger partial charge in [-0.05, 0) is 11.6 Å². The molecule has 0 atom stereocenters. The lowest BCUT2D eigenvalue weighted by molar-refractivity contribution is 0.116. The van der Waals surface area contributed by atoms with Gasteiger partial charge in [-0.1, -0.05) is 30.3 Å². The molecule has 5 rings (SSSR count). The molecule has 0 bridgehead atoms. The van der Waals surface area contributed by atoms with Crippen molar-refractivity contribution in [1.82, 2.24) is 30.1 Å². The average Bonchev–Trinajstić information content (AvgIpc) is 3.47. The Morgan fingerprint density at radius 3 is 2.45 bits per heavy atom. The summed E-state index contributed by atoms with van der Waals surface area (Å²) in [6.07, 6.45) is 1.17. The fraction of sp³-hybridized carbons (Fsp3) is 0.0500. The third kappa shape index (κ3) is 3.45. The highest BCUT2D eigenvalue weighted by Gasteiger charge is 2.19. The summed E-state index contributed by atoms with van der Waals surface area (Å²) in [7, 11) is 0. The van der Waals surface area contributed by atoms with Crippen LogP contribution < -0.4 is 5.32 Å². The summed E-state index contributed by atoms with van der Waals surface area (Å²) in [5.41, 5.74) is 2.72. The Hall–Kier alpha value is -4.28. The Morgan fingerprint density at radius 1 is 0.968 bits per heavy atom. The van der Waals surface area contributed by atoms with Crippen molar-refractivity contribution in [2.75, 3.05) is 5.32 Å². The number of imidazole rings is 1. The Balaban J connectivity index is 1.48. The van der Waals surface area contributed by atoms with Crippen molar-refractivity contribution in [2.24, 2.45) is 0 Å². The highest BCUT2D eigenvalue weighted by molar-refractivity contribution is 5.95. The molecular formula is C20H12F3N7O. The van der Waals surface area contributed by atoms with Crippen molar-refractivity contribution in [3.8, 4) is 22.6 Å². The van der Waals surface area contributed by atoms with Crippen molar-refractivity contribution in [3.05, 3.63) is 66.8 Å². The van der Waals surface area contributed by atoms with Gasteiger partial charge in [0, 0.05) is 18.0 Å². The van der Waals surface area contributed by atoms with Crippen molar-refractivity contribution in [2.45, 2.75) is 6.43 Å². The standard InChI is InChI=1S/C20H12F3N7O/c21-14-13(6-12(10-4-2-1-3-5-10)15-16(14)27-9-26-15)28-20-24-7-11(8-25-20)18-29-30-19(31-18)17(22)23/h1-9,17H,(H,26,27)(H,24,25,28). The first-order valence-corrected chi connectivity index (χ1v) is 9.02. The quantitative estimate of drug-likeness (QED) is 0.415. The number of rotatable bonds is 5. The molecule has 0 aliphatic heterocycles. The smallest absolute Gasteiger partial charge is 0.314 e.